The summed E-state index contributed by atoms with van der Waals surface area (Å²) in [5, 5.41) is 0. The molecular weight excluding hydrogens is 164 g/mol. The molecule has 0 spiro atoms. The summed E-state index contributed by atoms with van der Waals surface area (Å²) < 4.78 is 10.2. The Morgan fingerprint density at radius 1 is 1.15 bits per heavy atom. The van der Waals surface area contributed by atoms with Crippen molar-refractivity contribution in [2.75, 3.05) is 7.11 Å². The fraction of sp³-hybridized carbons (Fsp3) is 0.0909. The summed E-state index contributed by atoms with van der Waals surface area (Å²) in [6.45, 7) is 3.53. The molecule has 0 atom stereocenters. The minimum Gasteiger partial charge on any atom is -0.497 e. The first-order valence-corrected chi connectivity index (χ1v) is 3.95. The minimum atomic E-state index is 0.777. The first kappa shape index (κ1) is 9.39. The smallest absolute Gasteiger partial charge is 0.126 e. The second-order valence-corrected chi connectivity index (χ2v) is 2.36. The lowest BCUT2D eigenvalue weighted by Crippen LogP contribution is -1.83. The molecule has 1 rings (SSSR count). The van der Waals surface area contributed by atoms with E-state index in [9.17, 15) is 0 Å². The Kier molecular flexibility index (Phi) is 3.64. The van der Waals surface area contributed by atoms with Crippen molar-refractivity contribution in [2.45, 2.75) is 0 Å². The molecule has 0 unspecified atom stereocenters. The quantitative estimate of drug-likeness (QED) is 0.518. The van der Waals surface area contributed by atoms with Crippen molar-refractivity contribution in [3.8, 4) is 11.5 Å². The maximum Gasteiger partial charge on any atom is 0.126 e. The van der Waals surface area contributed by atoms with Gasteiger partial charge in [-0.25, -0.2) is 0 Å². The number of benzene rings is 1. The zero-order chi connectivity index (χ0) is 9.52. The van der Waals surface area contributed by atoms with Crippen LogP contribution < -0.4 is 9.47 Å². The van der Waals surface area contributed by atoms with E-state index in [0.29, 0.717) is 0 Å². The largest absolute Gasteiger partial charge is 0.497 e. The Hall–Kier alpha value is -1.70. The van der Waals surface area contributed by atoms with E-state index in [-0.39, 0.29) is 0 Å². The number of hydrogen-bond donors (Lipinski definition) is 0. The van der Waals surface area contributed by atoms with Crippen molar-refractivity contribution in [2.24, 2.45) is 0 Å². The zero-order valence-electron chi connectivity index (χ0n) is 7.57. The van der Waals surface area contributed by atoms with Crippen LogP contribution in [0.25, 0.3) is 0 Å². The average Bonchev–Trinajstić information content (AvgIpc) is 2.19. The number of allylic oxidation sites excluding steroid dienone is 2. The average molecular weight is 176 g/mol. The molecule has 1 aromatic rings. The molecule has 68 valence electrons. The van der Waals surface area contributed by atoms with Crippen LogP contribution in [0.15, 0.2) is 49.3 Å². The van der Waals surface area contributed by atoms with E-state index in [2.05, 4.69) is 6.58 Å². The third-order valence-electron chi connectivity index (χ3n) is 1.48. The van der Waals surface area contributed by atoms with E-state index in [1.54, 1.807) is 25.5 Å². The molecule has 2 nitrogen and oxygen atoms in total. The Morgan fingerprint density at radius 3 is 2.31 bits per heavy atom. The van der Waals surface area contributed by atoms with E-state index < -0.39 is 0 Å². The summed E-state index contributed by atoms with van der Waals surface area (Å²) in [5.41, 5.74) is 0. The molecule has 0 aliphatic rings. The standard InChI is InChI=1S/C11H12O2/c1-3-4-9-13-11-7-5-10(12-2)6-8-11/h3-9H,1H2,2H3/b9-4+. The molecule has 2 heteroatoms. The van der Waals surface area contributed by atoms with E-state index in [0.717, 1.165) is 11.5 Å². The first-order valence-electron chi connectivity index (χ1n) is 3.95. The van der Waals surface area contributed by atoms with Crippen molar-refractivity contribution in [1.29, 1.82) is 0 Å². The summed E-state index contributed by atoms with van der Waals surface area (Å²) in [6.07, 6.45) is 4.96. The van der Waals surface area contributed by atoms with Gasteiger partial charge in [-0.05, 0) is 30.3 Å². The SMILES string of the molecule is C=C/C=C/Oc1ccc(OC)cc1. The van der Waals surface area contributed by atoms with Gasteiger partial charge in [0.1, 0.15) is 11.5 Å². The van der Waals surface area contributed by atoms with Gasteiger partial charge in [0.05, 0.1) is 13.4 Å². The second kappa shape index (κ2) is 5.04. The molecule has 0 N–H and O–H groups in total. The maximum absolute atomic E-state index is 5.24. The molecule has 0 fully saturated rings. The van der Waals surface area contributed by atoms with Gasteiger partial charge in [-0.2, -0.15) is 0 Å². The predicted molar refractivity (Wildman–Crippen MR) is 53.0 cm³/mol. The number of hydrogen-bond acceptors (Lipinski definition) is 2. The third-order valence-corrected chi connectivity index (χ3v) is 1.48. The van der Waals surface area contributed by atoms with Gasteiger partial charge in [-0.1, -0.05) is 12.7 Å². The van der Waals surface area contributed by atoms with Gasteiger partial charge >= 0.3 is 0 Å². The lowest BCUT2D eigenvalue weighted by atomic mass is 10.3. The molecule has 0 saturated carbocycles. The molecule has 0 aromatic heterocycles. The summed E-state index contributed by atoms with van der Waals surface area (Å²) in [5.74, 6) is 1.60. The predicted octanol–water partition coefficient (Wildman–Crippen LogP) is 2.77. The first-order chi connectivity index (χ1) is 6.36. The van der Waals surface area contributed by atoms with E-state index in [1.165, 1.54) is 0 Å². The van der Waals surface area contributed by atoms with Crippen molar-refractivity contribution in [1.82, 2.24) is 0 Å². The molecule has 0 saturated heterocycles. The molecule has 0 amide bonds. The molecule has 0 aliphatic carbocycles. The van der Waals surface area contributed by atoms with Gasteiger partial charge < -0.3 is 9.47 Å². The molecular formula is C11H12O2. The Balaban J connectivity index is 2.58. The van der Waals surface area contributed by atoms with Gasteiger partial charge in [-0.3, -0.25) is 0 Å². The van der Waals surface area contributed by atoms with Crippen LogP contribution >= 0.6 is 0 Å². The van der Waals surface area contributed by atoms with E-state index in [1.807, 2.05) is 24.3 Å². The van der Waals surface area contributed by atoms with Crippen LogP contribution in [0.3, 0.4) is 0 Å². The summed E-state index contributed by atoms with van der Waals surface area (Å²) in [4.78, 5) is 0. The molecule has 13 heavy (non-hydrogen) atoms. The Bertz CT molecular complexity index is 285. The van der Waals surface area contributed by atoms with Crippen LogP contribution in [-0.4, -0.2) is 7.11 Å². The maximum atomic E-state index is 5.24. The lowest BCUT2D eigenvalue weighted by Gasteiger charge is -2.01. The van der Waals surface area contributed by atoms with E-state index in [4.69, 9.17) is 9.47 Å². The highest BCUT2D eigenvalue weighted by Gasteiger charge is 1.91. The van der Waals surface area contributed by atoms with Crippen molar-refractivity contribution in [3.05, 3.63) is 49.3 Å². The van der Waals surface area contributed by atoms with Crippen LogP contribution in [0.5, 0.6) is 11.5 Å². The van der Waals surface area contributed by atoms with Crippen molar-refractivity contribution in [3.63, 3.8) is 0 Å². The Labute approximate surface area is 78.1 Å². The van der Waals surface area contributed by atoms with Crippen LogP contribution in [-0.2, 0) is 0 Å². The summed E-state index contributed by atoms with van der Waals surface area (Å²) in [6, 6.07) is 7.37. The minimum absolute atomic E-state index is 0.777. The van der Waals surface area contributed by atoms with E-state index >= 15 is 0 Å². The number of methoxy groups -OCH3 is 1. The van der Waals surface area contributed by atoms with Crippen molar-refractivity contribution >= 4 is 0 Å². The number of ether oxygens (including phenoxy) is 2. The molecule has 0 radical (unpaired) electrons. The lowest BCUT2D eigenvalue weighted by molar-refractivity contribution is 0.413. The zero-order valence-corrected chi connectivity index (χ0v) is 7.57. The van der Waals surface area contributed by atoms with Gasteiger partial charge in [-0.15, -0.1) is 0 Å². The van der Waals surface area contributed by atoms with Crippen molar-refractivity contribution < 1.29 is 9.47 Å². The highest BCUT2D eigenvalue weighted by molar-refractivity contribution is 5.31. The van der Waals surface area contributed by atoms with Crippen LogP contribution in [0.4, 0.5) is 0 Å². The van der Waals surface area contributed by atoms with Crippen LogP contribution in [0.1, 0.15) is 0 Å². The topological polar surface area (TPSA) is 18.5 Å². The molecule has 1 aromatic carbocycles. The monoisotopic (exact) mass is 176 g/mol. The van der Waals surface area contributed by atoms with Gasteiger partial charge in [0, 0.05) is 0 Å². The Morgan fingerprint density at radius 2 is 1.77 bits per heavy atom. The van der Waals surface area contributed by atoms with Gasteiger partial charge in [0.15, 0.2) is 0 Å². The molecule has 0 heterocycles. The highest BCUT2D eigenvalue weighted by atomic mass is 16.5. The summed E-state index contributed by atoms with van der Waals surface area (Å²) >= 11 is 0. The molecule has 0 bridgehead atoms. The fourth-order valence-electron chi connectivity index (χ4n) is 0.828. The van der Waals surface area contributed by atoms with Gasteiger partial charge in [0.2, 0.25) is 0 Å². The second-order valence-electron chi connectivity index (χ2n) is 2.36. The third kappa shape index (κ3) is 3.03. The fourth-order valence-corrected chi connectivity index (χ4v) is 0.828. The number of rotatable bonds is 4. The molecule has 0 aliphatic heterocycles. The van der Waals surface area contributed by atoms with Gasteiger partial charge in [0.25, 0.3) is 0 Å². The highest BCUT2D eigenvalue weighted by Crippen LogP contribution is 2.16. The normalized spacial score (nSPS) is 9.92. The summed E-state index contributed by atoms with van der Waals surface area (Å²) in [7, 11) is 1.63. The van der Waals surface area contributed by atoms with Crippen LogP contribution in [0, 0.1) is 0 Å². The van der Waals surface area contributed by atoms with Crippen LogP contribution in [0.2, 0.25) is 0 Å².